The Kier molecular flexibility index (Phi) is 6.18. The number of rotatable bonds is 5. The third-order valence-corrected chi connectivity index (χ3v) is 10.3. The molecule has 4 saturated heterocycles. The first-order valence-electron chi connectivity index (χ1n) is 14.6. The number of nitrogens with zero attached hydrogens (tertiary/aromatic N) is 5. The first-order valence-corrected chi connectivity index (χ1v) is 15.4. The van der Waals surface area contributed by atoms with Crippen LogP contribution in [0.4, 0.5) is 5.82 Å². The van der Waals surface area contributed by atoms with Crippen LogP contribution in [0.3, 0.4) is 0 Å². The van der Waals surface area contributed by atoms with Gasteiger partial charge < -0.3 is 20.1 Å². The van der Waals surface area contributed by atoms with Crippen LogP contribution in [0.1, 0.15) is 38.5 Å². The quantitative estimate of drug-likeness (QED) is 0.301. The molecule has 41 heavy (non-hydrogen) atoms. The number of aromatic nitrogens is 3. The molecular formula is C31H32Cl2N6O2. The van der Waals surface area contributed by atoms with Crippen molar-refractivity contribution in [3.63, 3.8) is 0 Å². The Morgan fingerprint density at radius 3 is 2.59 bits per heavy atom. The number of halogens is 2. The standard InChI is InChI=1S/C31H32Cl2N6O2/c32-23-5-1-4-20-27(23)21(12-25(40)28(20)33)29-34-14-22-24(36-29)13-26(41-17-31-8-2-10-39(31)11-3-9-31)37-30(22)38-15-18-6-7-19(16-38)35-18/h1,4-5,12-14,18-19,35,40H,2-3,6-11,15-17H2. The zero-order valence-electron chi connectivity index (χ0n) is 22.7. The number of phenols is 1. The van der Waals surface area contributed by atoms with Crippen LogP contribution in [0.15, 0.2) is 36.5 Å². The number of phenolic OH excluding ortho intramolecular Hbond substituents is 1. The van der Waals surface area contributed by atoms with E-state index in [-0.39, 0.29) is 16.3 Å². The van der Waals surface area contributed by atoms with E-state index in [0.29, 0.717) is 51.8 Å². The van der Waals surface area contributed by atoms with Gasteiger partial charge >= 0.3 is 0 Å². The highest BCUT2D eigenvalue weighted by molar-refractivity contribution is 6.41. The van der Waals surface area contributed by atoms with E-state index < -0.39 is 0 Å². The van der Waals surface area contributed by atoms with Gasteiger partial charge in [-0.05, 0) is 63.7 Å². The molecule has 4 aliphatic heterocycles. The molecule has 2 unspecified atom stereocenters. The molecule has 0 spiro atoms. The zero-order valence-corrected chi connectivity index (χ0v) is 24.3. The lowest BCUT2D eigenvalue weighted by Gasteiger charge is -2.35. The van der Waals surface area contributed by atoms with Crippen molar-refractivity contribution in [1.29, 1.82) is 0 Å². The molecule has 0 saturated carbocycles. The second-order valence-electron chi connectivity index (χ2n) is 12.1. The van der Waals surface area contributed by atoms with Crippen molar-refractivity contribution in [2.45, 2.75) is 56.1 Å². The maximum Gasteiger partial charge on any atom is 0.217 e. The molecule has 2 bridgehead atoms. The van der Waals surface area contributed by atoms with Crippen molar-refractivity contribution in [1.82, 2.24) is 25.2 Å². The summed E-state index contributed by atoms with van der Waals surface area (Å²) in [5.41, 5.74) is 1.50. The van der Waals surface area contributed by atoms with Crippen LogP contribution in [-0.2, 0) is 0 Å². The molecule has 2 aromatic carbocycles. The molecular weight excluding hydrogens is 559 g/mol. The fourth-order valence-corrected chi connectivity index (χ4v) is 8.13. The number of nitrogens with one attached hydrogen (secondary N) is 1. The predicted octanol–water partition coefficient (Wildman–Crippen LogP) is 5.81. The molecule has 4 fully saturated rings. The SMILES string of the molecule is Oc1cc(-c2ncc3c(N4CC5CCC(C4)N5)nc(OCC45CCCN4CCC5)cc3n2)c2c(Cl)cccc2c1Cl. The van der Waals surface area contributed by atoms with Gasteiger partial charge in [0.15, 0.2) is 5.82 Å². The maximum absolute atomic E-state index is 10.6. The molecule has 8 nitrogen and oxygen atoms in total. The summed E-state index contributed by atoms with van der Waals surface area (Å²) in [5.74, 6) is 1.89. The van der Waals surface area contributed by atoms with Gasteiger partial charge in [-0.15, -0.1) is 0 Å². The van der Waals surface area contributed by atoms with E-state index in [2.05, 4.69) is 15.1 Å². The summed E-state index contributed by atoms with van der Waals surface area (Å²) >= 11 is 13.1. The number of hydrogen-bond acceptors (Lipinski definition) is 8. The fourth-order valence-electron chi connectivity index (χ4n) is 7.64. The van der Waals surface area contributed by atoms with Gasteiger partial charge in [0.1, 0.15) is 18.2 Å². The minimum atomic E-state index is -0.0344. The topological polar surface area (TPSA) is 86.6 Å². The van der Waals surface area contributed by atoms with Crippen molar-refractivity contribution in [2.75, 3.05) is 37.7 Å². The number of aromatic hydroxyl groups is 1. The molecule has 0 aliphatic carbocycles. The van der Waals surface area contributed by atoms with Gasteiger partial charge in [0.05, 0.1) is 21.5 Å². The number of anilines is 1. The van der Waals surface area contributed by atoms with Gasteiger partial charge in [0.2, 0.25) is 5.88 Å². The minimum Gasteiger partial charge on any atom is -0.506 e. The number of pyridine rings is 1. The van der Waals surface area contributed by atoms with Crippen LogP contribution < -0.4 is 15.0 Å². The molecule has 0 radical (unpaired) electrons. The summed E-state index contributed by atoms with van der Waals surface area (Å²) in [6, 6.07) is 9.93. The summed E-state index contributed by atoms with van der Waals surface area (Å²) in [6.07, 6.45) is 9.01. The predicted molar refractivity (Wildman–Crippen MR) is 162 cm³/mol. The number of ether oxygens (including phenoxy) is 1. The lowest BCUT2D eigenvalue weighted by Crippen LogP contribution is -2.51. The average Bonchev–Trinajstić information content (AvgIpc) is 3.66. The second-order valence-corrected chi connectivity index (χ2v) is 12.9. The number of piperazine rings is 1. The third kappa shape index (κ3) is 4.30. The van der Waals surface area contributed by atoms with Crippen molar-refractivity contribution in [3.05, 3.63) is 46.6 Å². The van der Waals surface area contributed by atoms with Crippen LogP contribution in [0.25, 0.3) is 33.1 Å². The molecule has 2 aromatic heterocycles. The maximum atomic E-state index is 10.6. The Labute approximate surface area is 248 Å². The minimum absolute atomic E-state index is 0.0344. The van der Waals surface area contributed by atoms with Gasteiger partial charge in [-0.1, -0.05) is 35.3 Å². The highest BCUT2D eigenvalue weighted by Gasteiger charge is 2.45. The molecule has 0 amide bonds. The Morgan fingerprint density at radius 1 is 1.02 bits per heavy atom. The van der Waals surface area contributed by atoms with Gasteiger partial charge in [0.25, 0.3) is 0 Å². The largest absolute Gasteiger partial charge is 0.506 e. The summed E-state index contributed by atoms with van der Waals surface area (Å²) < 4.78 is 6.54. The lowest BCUT2D eigenvalue weighted by atomic mass is 9.95. The van der Waals surface area contributed by atoms with E-state index in [4.69, 9.17) is 42.9 Å². The lowest BCUT2D eigenvalue weighted by molar-refractivity contribution is 0.111. The van der Waals surface area contributed by atoms with Crippen molar-refractivity contribution < 1.29 is 9.84 Å². The van der Waals surface area contributed by atoms with Crippen LogP contribution in [0, 0.1) is 0 Å². The van der Waals surface area contributed by atoms with E-state index in [1.165, 1.54) is 38.5 Å². The van der Waals surface area contributed by atoms with Gasteiger partial charge in [0, 0.05) is 58.8 Å². The normalized spacial score (nSPS) is 23.5. The van der Waals surface area contributed by atoms with Gasteiger partial charge in [-0.25, -0.2) is 9.97 Å². The molecule has 10 heteroatoms. The Balaban J connectivity index is 1.24. The number of hydrogen-bond donors (Lipinski definition) is 2. The molecule has 8 rings (SSSR count). The van der Waals surface area contributed by atoms with Crippen LogP contribution >= 0.6 is 23.2 Å². The highest BCUT2D eigenvalue weighted by Crippen LogP contribution is 2.43. The average molecular weight is 592 g/mol. The van der Waals surface area contributed by atoms with Crippen LogP contribution in [-0.4, -0.2) is 75.4 Å². The number of fused-ring (bicyclic) bond motifs is 5. The summed E-state index contributed by atoms with van der Waals surface area (Å²) in [4.78, 5) is 19.9. The van der Waals surface area contributed by atoms with Gasteiger partial charge in [-0.2, -0.15) is 4.98 Å². The molecule has 2 atom stereocenters. The first-order chi connectivity index (χ1) is 20.0. The third-order valence-electron chi connectivity index (χ3n) is 9.62. The Bertz CT molecular complexity index is 1660. The van der Waals surface area contributed by atoms with Crippen molar-refractivity contribution in [2.24, 2.45) is 0 Å². The highest BCUT2D eigenvalue weighted by atomic mass is 35.5. The zero-order chi connectivity index (χ0) is 27.7. The van der Waals surface area contributed by atoms with E-state index in [9.17, 15) is 5.11 Å². The molecule has 2 N–H and O–H groups in total. The Morgan fingerprint density at radius 2 is 1.80 bits per heavy atom. The first kappa shape index (κ1) is 25.8. The molecule has 6 heterocycles. The summed E-state index contributed by atoms with van der Waals surface area (Å²) in [7, 11) is 0. The molecule has 4 aromatic rings. The summed E-state index contributed by atoms with van der Waals surface area (Å²) in [6.45, 7) is 4.75. The monoisotopic (exact) mass is 590 g/mol. The molecule has 212 valence electrons. The fraction of sp³-hybridized carbons (Fsp3) is 0.452. The smallest absolute Gasteiger partial charge is 0.217 e. The van der Waals surface area contributed by atoms with Crippen LogP contribution in [0.2, 0.25) is 10.0 Å². The van der Waals surface area contributed by atoms with Gasteiger partial charge in [-0.3, -0.25) is 4.90 Å². The van der Waals surface area contributed by atoms with E-state index in [1.54, 1.807) is 6.07 Å². The van der Waals surface area contributed by atoms with E-state index in [0.717, 1.165) is 42.9 Å². The van der Waals surface area contributed by atoms with Crippen molar-refractivity contribution >= 4 is 50.7 Å². The van der Waals surface area contributed by atoms with E-state index in [1.807, 2.05) is 30.5 Å². The van der Waals surface area contributed by atoms with Crippen LogP contribution in [0.5, 0.6) is 11.6 Å². The van der Waals surface area contributed by atoms with E-state index >= 15 is 0 Å². The summed E-state index contributed by atoms with van der Waals surface area (Å²) in [5, 5.41) is 17.4. The number of benzene rings is 2. The Hall–Kier alpha value is -2.91. The second kappa shape index (κ2) is 9.83. The molecule has 4 aliphatic rings. The van der Waals surface area contributed by atoms with Crippen molar-refractivity contribution in [3.8, 4) is 23.0 Å².